The summed E-state index contributed by atoms with van der Waals surface area (Å²) in [5, 5.41) is 2.87. The summed E-state index contributed by atoms with van der Waals surface area (Å²) in [4.78, 5) is 41.3. The summed E-state index contributed by atoms with van der Waals surface area (Å²) in [5.41, 5.74) is 2.21. The van der Waals surface area contributed by atoms with Gasteiger partial charge in [0.2, 0.25) is 17.7 Å². The van der Waals surface area contributed by atoms with Gasteiger partial charge in [-0.3, -0.25) is 14.4 Å². The van der Waals surface area contributed by atoms with Crippen LogP contribution < -0.4 is 5.32 Å². The minimum Gasteiger partial charge on any atom is -0.345 e. The second kappa shape index (κ2) is 8.76. The molecule has 3 amide bonds. The van der Waals surface area contributed by atoms with Gasteiger partial charge in [-0.2, -0.15) is 0 Å². The molecule has 3 atom stereocenters. The van der Waals surface area contributed by atoms with Crippen LogP contribution in [0.15, 0.2) is 24.3 Å². The fourth-order valence-electron chi connectivity index (χ4n) is 4.46. The fourth-order valence-corrected chi connectivity index (χ4v) is 4.46. The summed E-state index contributed by atoms with van der Waals surface area (Å²) < 4.78 is 0. The minimum atomic E-state index is -0.558. The molecule has 0 radical (unpaired) electrons. The Balaban J connectivity index is 1.67. The van der Waals surface area contributed by atoms with Gasteiger partial charge in [0.1, 0.15) is 6.04 Å². The molecular formula is C22H31N3O3. The molecule has 1 saturated heterocycles. The Morgan fingerprint density at radius 1 is 1.14 bits per heavy atom. The number of piperidine rings is 1. The van der Waals surface area contributed by atoms with E-state index < -0.39 is 6.04 Å². The standard InChI is InChI=1S/C22H31N3O3/c1-15-8-6-7-12-24(15)22(28)16(2)23-21(27)14-20-19-10-5-4-9-18(19)11-13-25(20)17(3)26/h4-5,9-10,15-16,20H,6-8,11-14H2,1-3H3,(H,23,27). The number of nitrogens with zero attached hydrogens (tertiary/aromatic N) is 2. The van der Waals surface area contributed by atoms with Crippen LogP contribution in [0.3, 0.4) is 0 Å². The van der Waals surface area contributed by atoms with Gasteiger partial charge in [0.25, 0.3) is 0 Å². The number of rotatable bonds is 4. The lowest BCUT2D eigenvalue weighted by Gasteiger charge is -2.37. The van der Waals surface area contributed by atoms with Crippen LogP contribution in [0.2, 0.25) is 0 Å². The number of nitrogens with one attached hydrogen (secondary N) is 1. The highest BCUT2D eigenvalue weighted by Crippen LogP contribution is 2.32. The Morgan fingerprint density at radius 3 is 2.61 bits per heavy atom. The predicted molar refractivity (Wildman–Crippen MR) is 108 cm³/mol. The first kappa shape index (κ1) is 20.4. The lowest BCUT2D eigenvalue weighted by molar-refractivity contribution is -0.139. The maximum atomic E-state index is 12.8. The summed E-state index contributed by atoms with van der Waals surface area (Å²) in [5.74, 6) is -0.245. The molecule has 0 saturated carbocycles. The van der Waals surface area contributed by atoms with E-state index in [9.17, 15) is 14.4 Å². The minimum absolute atomic E-state index is 0.0204. The lowest BCUT2D eigenvalue weighted by Crippen LogP contribution is -2.52. The van der Waals surface area contributed by atoms with Crippen LogP contribution in [0.25, 0.3) is 0 Å². The molecule has 6 nitrogen and oxygen atoms in total. The molecule has 1 N–H and O–H groups in total. The normalized spacial score (nSPS) is 23.0. The average Bonchev–Trinajstić information content (AvgIpc) is 2.67. The third-order valence-corrected chi connectivity index (χ3v) is 6.03. The first-order valence-electron chi connectivity index (χ1n) is 10.3. The fraction of sp³-hybridized carbons (Fsp3) is 0.591. The lowest BCUT2D eigenvalue weighted by atomic mass is 9.90. The molecule has 2 heterocycles. The van der Waals surface area contributed by atoms with Crippen molar-refractivity contribution in [3.05, 3.63) is 35.4 Å². The first-order chi connectivity index (χ1) is 13.4. The van der Waals surface area contributed by atoms with Crippen LogP contribution >= 0.6 is 0 Å². The second-order valence-electron chi connectivity index (χ2n) is 8.05. The molecule has 1 aromatic rings. The van der Waals surface area contributed by atoms with Crippen molar-refractivity contribution in [2.45, 2.75) is 71.0 Å². The summed E-state index contributed by atoms with van der Waals surface area (Å²) >= 11 is 0. The molecule has 6 heteroatoms. The highest BCUT2D eigenvalue weighted by atomic mass is 16.2. The molecule has 1 aromatic carbocycles. The first-order valence-corrected chi connectivity index (χ1v) is 10.3. The molecule has 3 rings (SSSR count). The summed E-state index contributed by atoms with van der Waals surface area (Å²) in [6.45, 7) is 6.73. The molecule has 0 aromatic heterocycles. The Morgan fingerprint density at radius 2 is 1.89 bits per heavy atom. The molecule has 0 spiro atoms. The summed E-state index contributed by atoms with van der Waals surface area (Å²) in [6.07, 6.45) is 4.15. The zero-order valence-electron chi connectivity index (χ0n) is 17.1. The van der Waals surface area contributed by atoms with Crippen molar-refractivity contribution in [2.24, 2.45) is 0 Å². The molecule has 152 valence electrons. The van der Waals surface area contributed by atoms with E-state index in [0.717, 1.165) is 37.8 Å². The van der Waals surface area contributed by atoms with E-state index in [4.69, 9.17) is 0 Å². The Labute approximate surface area is 167 Å². The van der Waals surface area contributed by atoms with Crippen LogP contribution in [0.1, 0.15) is 63.6 Å². The van der Waals surface area contributed by atoms with Gasteiger partial charge in [-0.1, -0.05) is 24.3 Å². The van der Waals surface area contributed by atoms with Crippen LogP contribution in [0, 0.1) is 0 Å². The largest absolute Gasteiger partial charge is 0.345 e. The van der Waals surface area contributed by atoms with Gasteiger partial charge < -0.3 is 15.1 Å². The Bertz CT molecular complexity index is 748. The SMILES string of the molecule is CC(=O)N1CCc2ccccc2C1CC(=O)NC(C)C(=O)N1CCCCC1C. The van der Waals surface area contributed by atoms with Crippen molar-refractivity contribution in [2.75, 3.05) is 13.1 Å². The van der Waals surface area contributed by atoms with Gasteiger partial charge in [0, 0.05) is 26.1 Å². The smallest absolute Gasteiger partial charge is 0.245 e. The van der Waals surface area contributed by atoms with Crippen molar-refractivity contribution in [3.63, 3.8) is 0 Å². The number of amides is 3. The number of hydrogen-bond acceptors (Lipinski definition) is 3. The number of carbonyl (C=O) groups is 3. The Hall–Kier alpha value is -2.37. The topological polar surface area (TPSA) is 69.7 Å². The third-order valence-electron chi connectivity index (χ3n) is 6.03. The summed E-state index contributed by atoms with van der Waals surface area (Å²) in [6, 6.07) is 7.36. The highest BCUT2D eigenvalue weighted by molar-refractivity contribution is 5.88. The van der Waals surface area contributed by atoms with E-state index in [1.54, 1.807) is 18.7 Å². The Kier molecular flexibility index (Phi) is 6.37. The van der Waals surface area contributed by atoms with Crippen molar-refractivity contribution >= 4 is 17.7 Å². The second-order valence-corrected chi connectivity index (χ2v) is 8.05. The van der Waals surface area contributed by atoms with Gasteiger partial charge in [-0.25, -0.2) is 0 Å². The van der Waals surface area contributed by atoms with Gasteiger partial charge >= 0.3 is 0 Å². The van der Waals surface area contributed by atoms with Gasteiger partial charge in [0.15, 0.2) is 0 Å². The zero-order valence-corrected chi connectivity index (χ0v) is 17.1. The predicted octanol–water partition coefficient (Wildman–Crippen LogP) is 2.43. The number of benzene rings is 1. The maximum Gasteiger partial charge on any atom is 0.245 e. The maximum absolute atomic E-state index is 12.8. The molecule has 2 aliphatic heterocycles. The number of hydrogen-bond donors (Lipinski definition) is 1. The van der Waals surface area contributed by atoms with E-state index in [-0.39, 0.29) is 36.2 Å². The molecular weight excluding hydrogens is 354 g/mol. The molecule has 1 fully saturated rings. The van der Waals surface area contributed by atoms with Gasteiger partial charge in [-0.05, 0) is 50.7 Å². The van der Waals surface area contributed by atoms with Crippen molar-refractivity contribution in [1.82, 2.24) is 15.1 Å². The third kappa shape index (κ3) is 4.37. The summed E-state index contributed by atoms with van der Waals surface area (Å²) in [7, 11) is 0. The molecule has 28 heavy (non-hydrogen) atoms. The zero-order chi connectivity index (χ0) is 20.3. The molecule has 3 unspecified atom stereocenters. The van der Waals surface area contributed by atoms with Crippen molar-refractivity contribution < 1.29 is 14.4 Å². The van der Waals surface area contributed by atoms with Crippen LogP contribution in [0.4, 0.5) is 0 Å². The number of likely N-dealkylation sites (tertiary alicyclic amines) is 1. The van der Waals surface area contributed by atoms with E-state index in [1.165, 1.54) is 5.56 Å². The number of carbonyl (C=O) groups excluding carboxylic acids is 3. The highest BCUT2D eigenvalue weighted by Gasteiger charge is 2.32. The van der Waals surface area contributed by atoms with Gasteiger partial charge in [0.05, 0.1) is 12.5 Å². The van der Waals surface area contributed by atoms with E-state index in [0.29, 0.717) is 6.54 Å². The van der Waals surface area contributed by atoms with Gasteiger partial charge in [-0.15, -0.1) is 0 Å². The number of fused-ring (bicyclic) bond motifs is 1. The quantitative estimate of drug-likeness (QED) is 0.865. The van der Waals surface area contributed by atoms with Crippen LogP contribution in [-0.2, 0) is 20.8 Å². The molecule has 0 bridgehead atoms. The molecule has 2 aliphatic rings. The van der Waals surface area contributed by atoms with Crippen molar-refractivity contribution in [1.29, 1.82) is 0 Å². The molecule has 0 aliphatic carbocycles. The van der Waals surface area contributed by atoms with E-state index in [1.807, 2.05) is 23.1 Å². The monoisotopic (exact) mass is 385 g/mol. The van der Waals surface area contributed by atoms with Crippen LogP contribution in [0.5, 0.6) is 0 Å². The van der Waals surface area contributed by atoms with E-state index in [2.05, 4.69) is 18.3 Å². The van der Waals surface area contributed by atoms with Crippen LogP contribution in [-0.4, -0.2) is 52.7 Å². The average molecular weight is 386 g/mol. The van der Waals surface area contributed by atoms with E-state index >= 15 is 0 Å². The van der Waals surface area contributed by atoms with Crippen molar-refractivity contribution in [3.8, 4) is 0 Å².